The van der Waals surface area contributed by atoms with Gasteiger partial charge in [-0.05, 0) is 19.3 Å². The molecule has 0 bridgehead atoms. The van der Waals surface area contributed by atoms with Crippen molar-refractivity contribution in [2.24, 2.45) is 5.92 Å². The van der Waals surface area contributed by atoms with E-state index in [1.165, 1.54) is 96.3 Å². The van der Waals surface area contributed by atoms with Crippen molar-refractivity contribution < 1.29 is 14.2 Å². The van der Waals surface area contributed by atoms with E-state index in [0.717, 1.165) is 39.5 Å². The minimum atomic E-state index is 0.293. The molecule has 0 aromatic heterocycles. The third-order valence-corrected chi connectivity index (χ3v) is 5.86. The Labute approximate surface area is 176 Å². The summed E-state index contributed by atoms with van der Waals surface area (Å²) >= 11 is 0. The highest BCUT2D eigenvalue weighted by molar-refractivity contribution is 4.73. The standard InChI is InChI=1S/C25H50O3/c1-3-5-7-9-10-11-12-13-15-17-18-26-21-24-20-25(28-22-24)23-27-19-16-14-8-6-4-2/h24-25H,3-23H2,1-2H3/t24-,25-/m0/s1. The SMILES string of the molecule is CCCCCCCCCCCCOC[C@H]1CO[C@H](COCCCCCCC)C1. The summed E-state index contributed by atoms with van der Waals surface area (Å²) in [6.07, 6.45) is 21.7. The van der Waals surface area contributed by atoms with Crippen LogP contribution >= 0.6 is 0 Å². The minimum Gasteiger partial charge on any atom is -0.381 e. The summed E-state index contributed by atoms with van der Waals surface area (Å²) in [5, 5.41) is 0. The molecule has 1 heterocycles. The second-order valence-corrected chi connectivity index (χ2v) is 8.80. The highest BCUT2D eigenvalue weighted by Crippen LogP contribution is 2.20. The van der Waals surface area contributed by atoms with Crippen LogP contribution in [0.5, 0.6) is 0 Å². The predicted molar refractivity (Wildman–Crippen MR) is 120 cm³/mol. The van der Waals surface area contributed by atoms with E-state index in [0.29, 0.717) is 12.0 Å². The van der Waals surface area contributed by atoms with Gasteiger partial charge in [0, 0.05) is 19.1 Å². The number of hydrogen-bond donors (Lipinski definition) is 0. The first-order valence-electron chi connectivity index (χ1n) is 12.6. The summed E-state index contributed by atoms with van der Waals surface area (Å²) in [5.74, 6) is 0.571. The molecule has 1 fully saturated rings. The zero-order chi connectivity index (χ0) is 20.1. The second kappa shape index (κ2) is 20.2. The summed E-state index contributed by atoms with van der Waals surface area (Å²) in [4.78, 5) is 0. The van der Waals surface area contributed by atoms with Crippen molar-refractivity contribution in [2.75, 3.05) is 33.0 Å². The second-order valence-electron chi connectivity index (χ2n) is 8.80. The summed E-state index contributed by atoms with van der Waals surface area (Å²) in [6.45, 7) is 8.84. The maximum Gasteiger partial charge on any atom is 0.0813 e. The van der Waals surface area contributed by atoms with E-state index >= 15 is 0 Å². The van der Waals surface area contributed by atoms with Gasteiger partial charge in [-0.3, -0.25) is 0 Å². The highest BCUT2D eigenvalue weighted by Gasteiger charge is 2.25. The summed E-state index contributed by atoms with van der Waals surface area (Å²) in [7, 11) is 0. The Morgan fingerprint density at radius 3 is 1.61 bits per heavy atom. The van der Waals surface area contributed by atoms with E-state index in [4.69, 9.17) is 14.2 Å². The van der Waals surface area contributed by atoms with Gasteiger partial charge in [0.1, 0.15) is 0 Å². The van der Waals surface area contributed by atoms with E-state index in [2.05, 4.69) is 13.8 Å². The number of ether oxygens (including phenoxy) is 3. The van der Waals surface area contributed by atoms with Gasteiger partial charge in [0.15, 0.2) is 0 Å². The molecule has 2 atom stereocenters. The first-order valence-corrected chi connectivity index (χ1v) is 12.6. The van der Waals surface area contributed by atoms with E-state index < -0.39 is 0 Å². The fourth-order valence-corrected chi connectivity index (χ4v) is 3.98. The fourth-order valence-electron chi connectivity index (χ4n) is 3.98. The molecule has 1 aliphatic heterocycles. The molecular formula is C25H50O3. The molecule has 3 heteroatoms. The number of unbranched alkanes of at least 4 members (excludes halogenated alkanes) is 13. The molecule has 28 heavy (non-hydrogen) atoms. The van der Waals surface area contributed by atoms with Crippen LogP contribution in [0, 0.1) is 5.92 Å². The zero-order valence-corrected chi connectivity index (χ0v) is 19.2. The van der Waals surface area contributed by atoms with Gasteiger partial charge in [-0.1, -0.05) is 97.3 Å². The van der Waals surface area contributed by atoms with Crippen LogP contribution in [0.1, 0.15) is 117 Å². The molecule has 1 saturated heterocycles. The highest BCUT2D eigenvalue weighted by atomic mass is 16.5. The lowest BCUT2D eigenvalue weighted by atomic mass is 10.1. The minimum absolute atomic E-state index is 0.293. The van der Waals surface area contributed by atoms with Crippen LogP contribution in [0.4, 0.5) is 0 Å². The van der Waals surface area contributed by atoms with Crippen molar-refractivity contribution in [2.45, 2.75) is 123 Å². The Morgan fingerprint density at radius 2 is 1.07 bits per heavy atom. The monoisotopic (exact) mass is 398 g/mol. The Kier molecular flexibility index (Phi) is 18.7. The van der Waals surface area contributed by atoms with E-state index in [1.54, 1.807) is 0 Å². The number of hydrogen-bond acceptors (Lipinski definition) is 3. The lowest BCUT2D eigenvalue weighted by molar-refractivity contribution is 0.0141. The van der Waals surface area contributed by atoms with Crippen LogP contribution in [0.2, 0.25) is 0 Å². The van der Waals surface area contributed by atoms with E-state index in [-0.39, 0.29) is 0 Å². The Morgan fingerprint density at radius 1 is 0.607 bits per heavy atom. The summed E-state index contributed by atoms with van der Waals surface area (Å²) in [6, 6.07) is 0. The van der Waals surface area contributed by atoms with Gasteiger partial charge in [0.05, 0.1) is 25.9 Å². The molecule has 0 spiro atoms. The molecule has 168 valence electrons. The first-order chi connectivity index (χ1) is 13.9. The van der Waals surface area contributed by atoms with Crippen LogP contribution in [-0.2, 0) is 14.2 Å². The molecule has 0 radical (unpaired) electrons. The van der Waals surface area contributed by atoms with Crippen LogP contribution in [-0.4, -0.2) is 39.1 Å². The smallest absolute Gasteiger partial charge is 0.0813 e. The topological polar surface area (TPSA) is 27.7 Å². The molecule has 0 aromatic carbocycles. The van der Waals surface area contributed by atoms with Gasteiger partial charge < -0.3 is 14.2 Å². The third-order valence-electron chi connectivity index (χ3n) is 5.86. The van der Waals surface area contributed by atoms with E-state index in [9.17, 15) is 0 Å². The van der Waals surface area contributed by atoms with Crippen molar-refractivity contribution >= 4 is 0 Å². The number of rotatable bonds is 21. The molecule has 0 aliphatic carbocycles. The van der Waals surface area contributed by atoms with Crippen molar-refractivity contribution in [1.29, 1.82) is 0 Å². The van der Waals surface area contributed by atoms with Gasteiger partial charge in [0.25, 0.3) is 0 Å². The third kappa shape index (κ3) is 15.8. The van der Waals surface area contributed by atoms with Gasteiger partial charge >= 0.3 is 0 Å². The Bertz CT molecular complexity index is 308. The van der Waals surface area contributed by atoms with Crippen molar-refractivity contribution in [3.8, 4) is 0 Å². The average Bonchev–Trinajstić information content (AvgIpc) is 3.16. The van der Waals surface area contributed by atoms with Crippen LogP contribution in [0.3, 0.4) is 0 Å². The Balaban J connectivity index is 1.79. The van der Waals surface area contributed by atoms with Crippen LogP contribution in [0.15, 0.2) is 0 Å². The quantitative estimate of drug-likeness (QED) is 0.190. The van der Waals surface area contributed by atoms with Crippen LogP contribution in [0.25, 0.3) is 0 Å². The first kappa shape index (κ1) is 25.9. The molecule has 1 rings (SSSR count). The predicted octanol–water partition coefficient (Wildman–Crippen LogP) is 7.32. The lowest BCUT2D eigenvalue weighted by Crippen LogP contribution is -2.15. The fraction of sp³-hybridized carbons (Fsp3) is 1.00. The van der Waals surface area contributed by atoms with Gasteiger partial charge in [-0.15, -0.1) is 0 Å². The summed E-state index contributed by atoms with van der Waals surface area (Å²) in [5.41, 5.74) is 0. The molecule has 0 unspecified atom stereocenters. The molecular weight excluding hydrogens is 348 g/mol. The maximum atomic E-state index is 5.90. The lowest BCUT2D eigenvalue weighted by Gasteiger charge is -2.11. The Hall–Kier alpha value is -0.120. The van der Waals surface area contributed by atoms with Crippen molar-refractivity contribution in [3.63, 3.8) is 0 Å². The van der Waals surface area contributed by atoms with Crippen LogP contribution < -0.4 is 0 Å². The molecule has 1 aliphatic rings. The average molecular weight is 399 g/mol. The van der Waals surface area contributed by atoms with E-state index in [1.807, 2.05) is 0 Å². The molecule has 3 nitrogen and oxygen atoms in total. The molecule has 0 saturated carbocycles. The molecule has 0 aromatic rings. The van der Waals surface area contributed by atoms with Crippen molar-refractivity contribution in [3.05, 3.63) is 0 Å². The zero-order valence-electron chi connectivity index (χ0n) is 19.2. The van der Waals surface area contributed by atoms with Gasteiger partial charge in [0.2, 0.25) is 0 Å². The normalized spacial score (nSPS) is 19.5. The van der Waals surface area contributed by atoms with Gasteiger partial charge in [-0.25, -0.2) is 0 Å². The largest absolute Gasteiger partial charge is 0.381 e. The molecule has 0 N–H and O–H groups in total. The molecule has 0 amide bonds. The summed E-state index contributed by atoms with van der Waals surface area (Å²) < 4.78 is 17.6. The maximum absolute atomic E-state index is 5.90. The van der Waals surface area contributed by atoms with Crippen molar-refractivity contribution in [1.82, 2.24) is 0 Å². The van der Waals surface area contributed by atoms with Gasteiger partial charge in [-0.2, -0.15) is 0 Å².